The first-order valence-corrected chi connectivity index (χ1v) is 7.36. The van der Waals surface area contributed by atoms with E-state index in [4.69, 9.17) is 4.74 Å². The average molecular weight is 283 g/mol. The maximum Gasteiger partial charge on any atom is 0.257 e. The molecular weight excluding hydrogens is 266 g/mol. The van der Waals surface area contributed by atoms with E-state index in [2.05, 4.69) is 0 Å². The predicted octanol–water partition coefficient (Wildman–Crippen LogP) is 1.53. The Morgan fingerprint density at radius 2 is 2.00 bits per heavy atom. The van der Waals surface area contributed by atoms with E-state index >= 15 is 0 Å². The second-order valence-electron chi connectivity index (χ2n) is 3.88. The molecule has 0 heterocycles. The number of amides is 1. The number of carbonyl (C=O) groups is 1. The standard InChI is InChI=1S/C13H17NO4S/c1-18-10-5-8-13(15)14-19(16,17)11-9-12-6-3-2-4-7-12/h2-4,6-7,9,11H,5,8,10H2,1H3,(H,14,15)/b11-9+. The van der Waals surface area contributed by atoms with Crippen molar-refractivity contribution in [3.05, 3.63) is 41.3 Å². The van der Waals surface area contributed by atoms with Gasteiger partial charge in [-0.15, -0.1) is 0 Å². The van der Waals surface area contributed by atoms with Crippen LogP contribution in [0.25, 0.3) is 6.08 Å². The molecule has 1 aromatic rings. The zero-order valence-electron chi connectivity index (χ0n) is 10.7. The van der Waals surface area contributed by atoms with Crippen LogP contribution in [-0.4, -0.2) is 28.0 Å². The van der Waals surface area contributed by atoms with Crippen molar-refractivity contribution in [2.24, 2.45) is 0 Å². The van der Waals surface area contributed by atoms with Crippen LogP contribution in [0.15, 0.2) is 35.7 Å². The van der Waals surface area contributed by atoms with E-state index < -0.39 is 15.9 Å². The summed E-state index contributed by atoms with van der Waals surface area (Å²) < 4.78 is 30.0. The highest BCUT2D eigenvalue weighted by Gasteiger charge is 2.10. The number of ether oxygens (including phenoxy) is 1. The highest BCUT2D eigenvalue weighted by molar-refractivity contribution is 7.93. The van der Waals surface area contributed by atoms with E-state index in [9.17, 15) is 13.2 Å². The monoisotopic (exact) mass is 283 g/mol. The summed E-state index contributed by atoms with van der Waals surface area (Å²) >= 11 is 0. The van der Waals surface area contributed by atoms with Gasteiger partial charge in [-0.05, 0) is 18.1 Å². The van der Waals surface area contributed by atoms with Gasteiger partial charge in [0.1, 0.15) is 0 Å². The third-order valence-corrected chi connectivity index (χ3v) is 3.25. The summed E-state index contributed by atoms with van der Waals surface area (Å²) in [6.07, 6.45) is 2.04. The van der Waals surface area contributed by atoms with E-state index in [-0.39, 0.29) is 6.42 Å². The van der Waals surface area contributed by atoms with Gasteiger partial charge in [0.25, 0.3) is 10.0 Å². The van der Waals surface area contributed by atoms with Crippen molar-refractivity contribution in [1.82, 2.24) is 4.72 Å². The Kier molecular flexibility index (Phi) is 6.24. The minimum Gasteiger partial charge on any atom is -0.385 e. The Hall–Kier alpha value is -1.66. The number of benzene rings is 1. The number of nitrogens with one attached hydrogen (secondary N) is 1. The lowest BCUT2D eigenvalue weighted by atomic mass is 10.2. The Labute approximate surface area is 113 Å². The molecule has 19 heavy (non-hydrogen) atoms. The first-order chi connectivity index (χ1) is 9.03. The summed E-state index contributed by atoms with van der Waals surface area (Å²) in [6.45, 7) is 0.424. The van der Waals surface area contributed by atoms with E-state index in [1.54, 1.807) is 24.3 Å². The molecule has 1 amide bonds. The van der Waals surface area contributed by atoms with Crippen LogP contribution in [0.1, 0.15) is 18.4 Å². The lowest BCUT2D eigenvalue weighted by Gasteiger charge is -2.02. The molecule has 0 aliphatic heterocycles. The lowest BCUT2D eigenvalue weighted by molar-refractivity contribution is -0.119. The number of sulfonamides is 1. The van der Waals surface area contributed by atoms with Gasteiger partial charge in [-0.1, -0.05) is 30.3 Å². The van der Waals surface area contributed by atoms with Gasteiger partial charge in [-0.25, -0.2) is 13.1 Å². The maximum absolute atomic E-state index is 11.6. The van der Waals surface area contributed by atoms with Crippen molar-refractivity contribution in [2.45, 2.75) is 12.8 Å². The number of hydrogen-bond donors (Lipinski definition) is 1. The van der Waals surface area contributed by atoms with Crippen molar-refractivity contribution in [3.63, 3.8) is 0 Å². The molecule has 104 valence electrons. The highest BCUT2D eigenvalue weighted by atomic mass is 32.2. The molecule has 0 aromatic heterocycles. The Morgan fingerprint density at radius 1 is 1.32 bits per heavy atom. The minimum absolute atomic E-state index is 0.117. The third-order valence-electron chi connectivity index (χ3n) is 2.25. The van der Waals surface area contributed by atoms with Crippen LogP contribution in [0.3, 0.4) is 0 Å². The SMILES string of the molecule is COCCCC(=O)NS(=O)(=O)/C=C/c1ccccc1. The molecule has 0 bridgehead atoms. The van der Waals surface area contributed by atoms with Gasteiger partial charge < -0.3 is 4.74 Å². The minimum atomic E-state index is -3.74. The van der Waals surface area contributed by atoms with E-state index in [1.807, 2.05) is 10.8 Å². The fraction of sp³-hybridized carbons (Fsp3) is 0.308. The summed E-state index contributed by atoms with van der Waals surface area (Å²) in [5, 5.41) is 0.983. The lowest BCUT2D eigenvalue weighted by Crippen LogP contribution is -2.28. The second kappa shape index (κ2) is 7.70. The molecule has 0 spiro atoms. The molecule has 0 saturated heterocycles. The number of hydrogen-bond acceptors (Lipinski definition) is 4. The van der Waals surface area contributed by atoms with Gasteiger partial charge in [-0.2, -0.15) is 0 Å². The molecule has 1 N–H and O–H groups in total. The fourth-order valence-corrected chi connectivity index (χ4v) is 2.18. The maximum atomic E-state index is 11.6. The summed E-state index contributed by atoms with van der Waals surface area (Å²) in [7, 11) is -2.21. The molecule has 0 atom stereocenters. The van der Waals surface area contributed by atoms with Crippen LogP contribution >= 0.6 is 0 Å². The van der Waals surface area contributed by atoms with Crippen LogP contribution in [0.5, 0.6) is 0 Å². The molecule has 0 fully saturated rings. The van der Waals surface area contributed by atoms with Crippen LogP contribution in [0.2, 0.25) is 0 Å². The summed E-state index contributed by atoms with van der Waals surface area (Å²) in [5.74, 6) is -0.533. The van der Waals surface area contributed by atoms with Crippen molar-refractivity contribution in [1.29, 1.82) is 0 Å². The average Bonchev–Trinajstić information content (AvgIpc) is 2.37. The van der Waals surface area contributed by atoms with E-state index in [1.165, 1.54) is 13.2 Å². The third kappa shape index (κ3) is 6.73. The van der Waals surface area contributed by atoms with Crippen LogP contribution in [0.4, 0.5) is 0 Å². The quantitative estimate of drug-likeness (QED) is 0.770. The van der Waals surface area contributed by atoms with E-state index in [0.717, 1.165) is 11.0 Å². The van der Waals surface area contributed by atoms with Crippen molar-refractivity contribution < 1.29 is 17.9 Å². The molecule has 1 aromatic carbocycles. The number of carbonyl (C=O) groups excluding carboxylic acids is 1. The first kappa shape index (κ1) is 15.4. The van der Waals surface area contributed by atoms with Gasteiger partial charge in [0, 0.05) is 20.1 Å². The molecule has 0 saturated carbocycles. The van der Waals surface area contributed by atoms with Gasteiger partial charge in [0.2, 0.25) is 5.91 Å². The summed E-state index contributed by atoms with van der Waals surface area (Å²) in [6, 6.07) is 8.98. The topological polar surface area (TPSA) is 72.5 Å². The van der Waals surface area contributed by atoms with Crippen molar-refractivity contribution in [3.8, 4) is 0 Å². The molecule has 0 radical (unpaired) electrons. The van der Waals surface area contributed by atoms with Crippen LogP contribution in [-0.2, 0) is 19.6 Å². The largest absolute Gasteiger partial charge is 0.385 e. The van der Waals surface area contributed by atoms with Gasteiger partial charge in [0.05, 0.1) is 5.41 Å². The number of rotatable bonds is 7. The van der Waals surface area contributed by atoms with Crippen molar-refractivity contribution in [2.75, 3.05) is 13.7 Å². The van der Waals surface area contributed by atoms with E-state index in [0.29, 0.717) is 13.0 Å². The first-order valence-electron chi connectivity index (χ1n) is 5.81. The molecular formula is C13H17NO4S. The van der Waals surface area contributed by atoms with Crippen LogP contribution in [0, 0.1) is 0 Å². The molecule has 5 nitrogen and oxygen atoms in total. The highest BCUT2D eigenvalue weighted by Crippen LogP contribution is 2.03. The molecule has 6 heteroatoms. The molecule has 0 aliphatic carbocycles. The van der Waals surface area contributed by atoms with Crippen molar-refractivity contribution >= 4 is 22.0 Å². The Bertz CT molecular complexity index is 523. The predicted molar refractivity (Wildman–Crippen MR) is 73.6 cm³/mol. The molecule has 0 unspecified atom stereocenters. The smallest absolute Gasteiger partial charge is 0.257 e. The Morgan fingerprint density at radius 3 is 2.63 bits per heavy atom. The van der Waals surface area contributed by atoms with Gasteiger partial charge in [0.15, 0.2) is 0 Å². The zero-order valence-corrected chi connectivity index (χ0v) is 11.5. The molecule has 0 aliphatic rings. The molecule has 1 rings (SSSR count). The van der Waals surface area contributed by atoms with Gasteiger partial charge >= 0.3 is 0 Å². The zero-order chi connectivity index (χ0) is 14.1. The normalized spacial score (nSPS) is 11.6. The summed E-state index contributed by atoms with van der Waals surface area (Å²) in [4.78, 5) is 11.4. The van der Waals surface area contributed by atoms with Crippen LogP contribution < -0.4 is 4.72 Å². The van der Waals surface area contributed by atoms with Gasteiger partial charge in [-0.3, -0.25) is 4.79 Å². The Balaban J connectivity index is 2.52. The summed E-state index contributed by atoms with van der Waals surface area (Å²) in [5.41, 5.74) is 0.750. The fourth-order valence-electron chi connectivity index (χ4n) is 1.35. The second-order valence-corrected chi connectivity index (χ2v) is 5.45. The number of methoxy groups -OCH3 is 1.